The number of carbonyl (C=O) groups excluding carboxylic acids is 1. The summed E-state index contributed by atoms with van der Waals surface area (Å²) in [5.74, 6) is 0.824. The van der Waals surface area contributed by atoms with Gasteiger partial charge in [0.1, 0.15) is 11.5 Å². The number of carbonyl (C=O) groups is 1. The van der Waals surface area contributed by atoms with Crippen molar-refractivity contribution in [1.82, 2.24) is 0 Å². The second-order valence-electron chi connectivity index (χ2n) is 6.16. The summed E-state index contributed by atoms with van der Waals surface area (Å²) in [7, 11) is -2.14. The van der Waals surface area contributed by atoms with Gasteiger partial charge in [0, 0.05) is 22.9 Å². The number of sulfonamides is 1. The number of halogens is 1. The van der Waals surface area contributed by atoms with E-state index in [1.54, 1.807) is 37.4 Å². The molecule has 0 heterocycles. The fraction of sp³-hybridized carbons (Fsp3) is 0.278. The lowest BCUT2D eigenvalue weighted by Gasteiger charge is -2.08. The summed E-state index contributed by atoms with van der Waals surface area (Å²) >= 11 is 6.00. The molecular formula is C18H18ClNO4S. The fourth-order valence-corrected chi connectivity index (χ4v) is 3.74. The van der Waals surface area contributed by atoms with Crippen molar-refractivity contribution in [2.45, 2.75) is 23.7 Å². The quantitative estimate of drug-likeness (QED) is 0.836. The van der Waals surface area contributed by atoms with Crippen LogP contribution in [-0.4, -0.2) is 21.3 Å². The number of Topliss-reactive ketones (excluding diaryl/α,β-unsaturated/α-hetero) is 1. The van der Waals surface area contributed by atoms with E-state index in [0.717, 1.165) is 17.5 Å². The van der Waals surface area contributed by atoms with Gasteiger partial charge >= 0.3 is 0 Å². The van der Waals surface area contributed by atoms with Gasteiger partial charge in [0.15, 0.2) is 0 Å². The van der Waals surface area contributed by atoms with Crippen LogP contribution >= 0.6 is 11.6 Å². The molecule has 1 saturated carbocycles. The molecule has 132 valence electrons. The number of nitrogens with two attached hydrogens (primary N) is 1. The molecule has 3 rings (SSSR count). The molecular weight excluding hydrogens is 362 g/mol. The van der Waals surface area contributed by atoms with Gasteiger partial charge in [0.2, 0.25) is 10.0 Å². The minimum absolute atomic E-state index is 0.0657. The van der Waals surface area contributed by atoms with Gasteiger partial charge in [-0.25, -0.2) is 13.6 Å². The second-order valence-corrected chi connectivity index (χ2v) is 8.16. The predicted octanol–water partition coefficient (Wildman–Crippen LogP) is 2.91. The Bertz CT molecular complexity index is 909. The van der Waals surface area contributed by atoms with E-state index in [1.807, 2.05) is 0 Å². The van der Waals surface area contributed by atoms with Crippen molar-refractivity contribution in [3.05, 3.63) is 58.6 Å². The van der Waals surface area contributed by atoms with Crippen molar-refractivity contribution in [2.75, 3.05) is 7.11 Å². The van der Waals surface area contributed by atoms with Crippen molar-refractivity contribution in [2.24, 2.45) is 11.1 Å². The maximum absolute atomic E-state index is 12.5. The van der Waals surface area contributed by atoms with Crippen LogP contribution < -0.4 is 9.88 Å². The van der Waals surface area contributed by atoms with E-state index >= 15 is 0 Å². The molecule has 2 aromatic rings. The van der Waals surface area contributed by atoms with Gasteiger partial charge in [0.05, 0.1) is 12.0 Å². The molecule has 0 saturated heterocycles. The number of ketones is 1. The van der Waals surface area contributed by atoms with Gasteiger partial charge in [-0.3, -0.25) is 4.79 Å². The first-order valence-corrected chi connectivity index (χ1v) is 9.70. The molecule has 0 bridgehead atoms. The van der Waals surface area contributed by atoms with Crippen LogP contribution in [0.1, 0.15) is 23.5 Å². The zero-order chi connectivity index (χ0) is 18.2. The largest absolute Gasteiger partial charge is 0.496 e. The van der Waals surface area contributed by atoms with Gasteiger partial charge in [-0.05, 0) is 48.2 Å². The number of methoxy groups -OCH3 is 1. The van der Waals surface area contributed by atoms with Gasteiger partial charge < -0.3 is 4.74 Å². The second kappa shape index (κ2) is 6.78. The van der Waals surface area contributed by atoms with Crippen LogP contribution in [0.15, 0.2) is 47.4 Å². The summed E-state index contributed by atoms with van der Waals surface area (Å²) in [6.07, 6.45) is 1.02. The molecule has 1 aliphatic carbocycles. The van der Waals surface area contributed by atoms with E-state index in [4.69, 9.17) is 21.5 Å². The Balaban J connectivity index is 1.69. The molecule has 25 heavy (non-hydrogen) atoms. The van der Waals surface area contributed by atoms with Crippen LogP contribution in [0, 0.1) is 5.92 Å². The van der Waals surface area contributed by atoms with Crippen molar-refractivity contribution in [3.63, 3.8) is 0 Å². The number of hydrogen-bond acceptors (Lipinski definition) is 4. The van der Waals surface area contributed by atoms with Gasteiger partial charge in [0.25, 0.3) is 0 Å². The zero-order valence-corrected chi connectivity index (χ0v) is 15.2. The number of hydrogen-bond donors (Lipinski definition) is 1. The summed E-state index contributed by atoms with van der Waals surface area (Å²) in [5.41, 5.74) is 1.72. The first-order valence-electron chi connectivity index (χ1n) is 7.77. The molecule has 0 unspecified atom stereocenters. The van der Waals surface area contributed by atoms with Crippen LogP contribution in [0.25, 0.3) is 0 Å². The van der Waals surface area contributed by atoms with E-state index < -0.39 is 10.0 Å². The van der Waals surface area contributed by atoms with Crippen LogP contribution in [0.2, 0.25) is 5.02 Å². The molecule has 7 heteroatoms. The predicted molar refractivity (Wildman–Crippen MR) is 95.4 cm³/mol. The molecule has 5 nitrogen and oxygen atoms in total. The molecule has 1 aliphatic rings. The lowest BCUT2D eigenvalue weighted by atomic mass is 10.0. The van der Waals surface area contributed by atoms with Crippen molar-refractivity contribution in [3.8, 4) is 5.75 Å². The Morgan fingerprint density at radius 1 is 1.24 bits per heavy atom. The zero-order valence-electron chi connectivity index (χ0n) is 13.6. The van der Waals surface area contributed by atoms with E-state index in [0.29, 0.717) is 10.8 Å². The summed E-state index contributed by atoms with van der Waals surface area (Å²) in [6.45, 7) is 0. The third kappa shape index (κ3) is 4.03. The summed E-state index contributed by atoms with van der Waals surface area (Å²) in [5, 5.41) is 5.66. The van der Waals surface area contributed by atoms with Crippen LogP contribution in [-0.2, 0) is 21.2 Å². The van der Waals surface area contributed by atoms with Crippen molar-refractivity contribution >= 4 is 27.4 Å². The number of rotatable bonds is 6. The third-order valence-corrected chi connectivity index (χ3v) is 5.61. The van der Waals surface area contributed by atoms with Crippen molar-refractivity contribution < 1.29 is 17.9 Å². The Labute approximate surface area is 151 Å². The van der Waals surface area contributed by atoms with E-state index in [1.165, 1.54) is 12.1 Å². The van der Waals surface area contributed by atoms with Gasteiger partial charge in [-0.2, -0.15) is 0 Å². The minimum Gasteiger partial charge on any atom is -0.496 e. The Morgan fingerprint density at radius 2 is 1.92 bits per heavy atom. The lowest BCUT2D eigenvalue weighted by Crippen LogP contribution is -2.12. The summed E-state index contributed by atoms with van der Waals surface area (Å²) in [6, 6.07) is 11.6. The van der Waals surface area contributed by atoms with E-state index in [2.05, 4.69) is 0 Å². The molecule has 0 aromatic heterocycles. The van der Waals surface area contributed by atoms with Gasteiger partial charge in [-0.15, -0.1) is 0 Å². The number of ether oxygens (including phenoxy) is 1. The highest BCUT2D eigenvalue weighted by molar-refractivity contribution is 7.89. The molecule has 0 radical (unpaired) electrons. The molecule has 0 aliphatic heterocycles. The molecule has 2 atom stereocenters. The lowest BCUT2D eigenvalue weighted by molar-refractivity contribution is -0.119. The maximum Gasteiger partial charge on any atom is 0.238 e. The summed E-state index contributed by atoms with van der Waals surface area (Å²) in [4.78, 5) is 12.6. The van der Waals surface area contributed by atoms with Crippen LogP contribution in [0.4, 0.5) is 0 Å². The molecule has 2 N–H and O–H groups in total. The molecule has 0 spiro atoms. The molecule has 2 aromatic carbocycles. The first-order chi connectivity index (χ1) is 11.8. The summed E-state index contributed by atoms with van der Waals surface area (Å²) < 4.78 is 27.9. The Kier molecular flexibility index (Phi) is 4.86. The van der Waals surface area contributed by atoms with E-state index in [9.17, 15) is 13.2 Å². The van der Waals surface area contributed by atoms with Crippen LogP contribution in [0.3, 0.4) is 0 Å². The van der Waals surface area contributed by atoms with Crippen LogP contribution in [0.5, 0.6) is 5.75 Å². The highest BCUT2D eigenvalue weighted by Crippen LogP contribution is 2.48. The average Bonchev–Trinajstić information content (AvgIpc) is 3.35. The average molecular weight is 380 g/mol. The minimum atomic E-state index is -3.70. The number of benzene rings is 2. The topological polar surface area (TPSA) is 86.5 Å². The van der Waals surface area contributed by atoms with Gasteiger partial charge in [-0.1, -0.05) is 23.7 Å². The number of primary sulfonamides is 1. The van der Waals surface area contributed by atoms with Crippen molar-refractivity contribution in [1.29, 1.82) is 0 Å². The molecule has 0 amide bonds. The smallest absolute Gasteiger partial charge is 0.238 e. The fourth-order valence-electron chi connectivity index (χ4n) is 3.03. The highest BCUT2D eigenvalue weighted by atomic mass is 35.5. The first kappa shape index (κ1) is 17.9. The Morgan fingerprint density at radius 3 is 2.52 bits per heavy atom. The SMILES string of the molecule is COc1ccc(Cl)cc1CC(=O)[C@H]1C[C@@H]1c1ccc(S(N)(=O)=O)cc1. The highest BCUT2D eigenvalue weighted by Gasteiger charge is 2.43. The maximum atomic E-state index is 12.5. The Hall–Kier alpha value is -1.89. The normalized spacial score (nSPS) is 19.5. The third-order valence-electron chi connectivity index (χ3n) is 4.45. The molecule has 1 fully saturated rings. The standard InChI is InChI=1S/C18H18ClNO4S/c1-24-18-7-4-13(19)8-12(18)9-17(21)16-10-15(16)11-2-5-14(6-3-11)25(20,22)23/h2-8,15-16H,9-10H2,1H3,(H2,20,22,23)/t15-,16+/m1/s1. The monoisotopic (exact) mass is 379 g/mol. The van der Waals surface area contributed by atoms with E-state index in [-0.39, 0.29) is 28.9 Å².